The van der Waals surface area contributed by atoms with Gasteiger partial charge >= 0.3 is 0 Å². The van der Waals surface area contributed by atoms with Crippen LogP contribution >= 0.6 is 11.3 Å². The zero-order chi connectivity index (χ0) is 18.0. The van der Waals surface area contributed by atoms with E-state index in [0.29, 0.717) is 27.2 Å². The van der Waals surface area contributed by atoms with Gasteiger partial charge in [-0.15, -0.1) is 11.3 Å². The molecule has 2 heterocycles. The zero-order valence-corrected chi connectivity index (χ0v) is 14.8. The SMILES string of the molecule is Cc1c(C(=O)NCCCc2ccc(F)cc2)sc2ncn(C)c(=O)c12. The van der Waals surface area contributed by atoms with Crippen molar-refractivity contribution in [3.05, 3.63) is 62.8 Å². The Morgan fingerprint density at radius 3 is 2.76 bits per heavy atom. The van der Waals surface area contributed by atoms with Crippen LogP contribution in [-0.2, 0) is 13.5 Å². The van der Waals surface area contributed by atoms with Crippen molar-refractivity contribution < 1.29 is 9.18 Å². The molecular weight excluding hydrogens is 341 g/mol. The number of aromatic nitrogens is 2. The summed E-state index contributed by atoms with van der Waals surface area (Å²) >= 11 is 1.23. The van der Waals surface area contributed by atoms with Crippen LogP contribution in [0.4, 0.5) is 4.39 Å². The van der Waals surface area contributed by atoms with Crippen molar-refractivity contribution in [2.45, 2.75) is 19.8 Å². The van der Waals surface area contributed by atoms with Gasteiger partial charge in [-0.1, -0.05) is 12.1 Å². The van der Waals surface area contributed by atoms with Crippen LogP contribution < -0.4 is 10.9 Å². The molecule has 0 radical (unpaired) electrons. The second kappa shape index (κ2) is 7.14. The van der Waals surface area contributed by atoms with Crippen LogP contribution in [-0.4, -0.2) is 22.0 Å². The summed E-state index contributed by atoms with van der Waals surface area (Å²) in [5.74, 6) is -0.446. The minimum atomic E-state index is -0.253. The van der Waals surface area contributed by atoms with E-state index in [1.165, 1.54) is 34.4 Å². The monoisotopic (exact) mass is 359 g/mol. The predicted octanol–water partition coefficient (Wildman–Crippen LogP) is 2.81. The Hall–Kier alpha value is -2.54. The van der Waals surface area contributed by atoms with E-state index in [2.05, 4.69) is 10.3 Å². The molecule has 1 aromatic carbocycles. The number of carbonyl (C=O) groups excluding carboxylic acids is 1. The van der Waals surface area contributed by atoms with Crippen molar-refractivity contribution in [2.24, 2.45) is 7.05 Å². The number of amides is 1. The van der Waals surface area contributed by atoms with Crippen molar-refractivity contribution in [1.82, 2.24) is 14.9 Å². The molecule has 3 aromatic rings. The van der Waals surface area contributed by atoms with E-state index in [9.17, 15) is 14.0 Å². The van der Waals surface area contributed by atoms with E-state index in [1.807, 2.05) is 0 Å². The molecule has 25 heavy (non-hydrogen) atoms. The van der Waals surface area contributed by atoms with Gasteiger partial charge in [-0.2, -0.15) is 0 Å². The predicted molar refractivity (Wildman–Crippen MR) is 96.7 cm³/mol. The highest BCUT2D eigenvalue weighted by Crippen LogP contribution is 2.26. The lowest BCUT2D eigenvalue weighted by atomic mass is 10.1. The number of benzene rings is 1. The lowest BCUT2D eigenvalue weighted by Gasteiger charge is -2.05. The standard InChI is InChI=1S/C18H18FN3O2S/c1-11-14-17(21-10-22(2)18(14)24)25-15(11)16(23)20-9-3-4-12-5-7-13(19)8-6-12/h5-8,10H,3-4,9H2,1-2H3,(H,20,23). The van der Waals surface area contributed by atoms with Crippen molar-refractivity contribution in [3.8, 4) is 0 Å². The van der Waals surface area contributed by atoms with Crippen molar-refractivity contribution >= 4 is 27.5 Å². The van der Waals surface area contributed by atoms with Crippen LogP contribution in [0.2, 0.25) is 0 Å². The highest BCUT2D eigenvalue weighted by Gasteiger charge is 2.18. The molecule has 0 saturated heterocycles. The van der Waals surface area contributed by atoms with Crippen LogP contribution in [0.1, 0.15) is 27.2 Å². The summed E-state index contributed by atoms with van der Waals surface area (Å²) < 4.78 is 14.3. The first-order valence-corrected chi connectivity index (χ1v) is 8.76. The van der Waals surface area contributed by atoms with Gasteiger partial charge in [0, 0.05) is 13.6 Å². The molecule has 2 aromatic heterocycles. The highest BCUT2D eigenvalue weighted by molar-refractivity contribution is 7.20. The third-order valence-electron chi connectivity index (χ3n) is 4.06. The molecule has 1 amide bonds. The molecule has 0 bridgehead atoms. The number of aryl methyl sites for hydroxylation is 3. The Kier molecular flexibility index (Phi) is 4.94. The summed E-state index contributed by atoms with van der Waals surface area (Å²) in [6, 6.07) is 6.35. The summed E-state index contributed by atoms with van der Waals surface area (Å²) in [7, 11) is 1.64. The molecule has 0 atom stereocenters. The summed E-state index contributed by atoms with van der Waals surface area (Å²) in [5, 5.41) is 3.38. The molecule has 130 valence electrons. The maximum atomic E-state index is 12.9. The molecule has 0 saturated carbocycles. The number of nitrogens with zero attached hydrogens (tertiary/aromatic N) is 2. The largest absolute Gasteiger partial charge is 0.351 e. The van der Waals surface area contributed by atoms with Gasteiger partial charge in [-0.25, -0.2) is 9.37 Å². The normalized spacial score (nSPS) is 11.0. The Balaban J connectivity index is 1.64. The molecule has 0 spiro atoms. The quantitative estimate of drug-likeness (QED) is 0.713. The number of carbonyl (C=O) groups is 1. The number of rotatable bonds is 5. The third kappa shape index (κ3) is 3.61. The van der Waals surface area contributed by atoms with Crippen LogP contribution in [0.25, 0.3) is 10.2 Å². The Morgan fingerprint density at radius 1 is 1.32 bits per heavy atom. The number of thiophene rings is 1. The lowest BCUT2D eigenvalue weighted by molar-refractivity contribution is 0.0957. The van der Waals surface area contributed by atoms with Crippen LogP contribution in [0.15, 0.2) is 35.4 Å². The van der Waals surface area contributed by atoms with Gasteiger partial charge in [0.15, 0.2) is 0 Å². The van der Waals surface area contributed by atoms with Crippen LogP contribution in [0, 0.1) is 12.7 Å². The van der Waals surface area contributed by atoms with Gasteiger partial charge in [0.2, 0.25) is 0 Å². The average Bonchev–Trinajstić information content (AvgIpc) is 2.94. The minimum Gasteiger partial charge on any atom is -0.351 e. The molecule has 3 rings (SSSR count). The molecule has 0 aliphatic rings. The maximum Gasteiger partial charge on any atom is 0.262 e. The summed E-state index contributed by atoms with van der Waals surface area (Å²) in [6.45, 7) is 2.28. The second-order valence-electron chi connectivity index (χ2n) is 5.88. The Bertz CT molecular complexity index is 976. The fourth-order valence-corrected chi connectivity index (χ4v) is 3.71. The molecule has 5 nitrogen and oxygen atoms in total. The molecule has 0 aliphatic carbocycles. The van der Waals surface area contributed by atoms with Crippen molar-refractivity contribution in [2.75, 3.05) is 6.54 Å². The Morgan fingerprint density at radius 2 is 2.04 bits per heavy atom. The van der Waals surface area contributed by atoms with Gasteiger partial charge in [-0.05, 0) is 43.0 Å². The third-order valence-corrected chi connectivity index (χ3v) is 5.26. The van der Waals surface area contributed by atoms with Crippen LogP contribution in [0.5, 0.6) is 0 Å². The van der Waals surface area contributed by atoms with E-state index in [4.69, 9.17) is 0 Å². The molecule has 0 aliphatic heterocycles. The van der Waals surface area contributed by atoms with E-state index in [1.54, 1.807) is 26.1 Å². The zero-order valence-electron chi connectivity index (χ0n) is 14.0. The van der Waals surface area contributed by atoms with Gasteiger partial charge < -0.3 is 9.88 Å². The van der Waals surface area contributed by atoms with Gasteiger partial charge in [0.05, 0.1) is 16.6 Å². The van der Waals surface area contributed by atoms with Gasteiger partial charge in [0.25, 0.3) is 11.5 Å². The average molecular weight is 359 g/mol. The van der Waals surface area contributed by atoms with Crippen LogP contribution in [0.3, 0.4) is 0 Å². The lowest BCUT2D eigenvalue weighted by Crippen LogP contribution is -2.24. The highest BCUT2D eigenvalue weighted by atomic mass is 32.1. The molecule has 0 fully saturated rings. The van der Waals surface area contributed by atoms with E-state index in [-0.39, 0.29) is 17.3 Å². The number of nitrogens with one attached hydrogen (secondary N) is 1. The molecular formula is C18H18FN3O2S. The second-order valence-corrected chi connectivity index (χ2v) is 6.88. The molecule has 7 heteroatoms. The number of hydrogen-bond donors (Lipinski definition) is 1. The molecule has 0 unspecified atom stereocenters. The first-order valence-electron chi connectivity index (χ1n) is 7.94. The smallest absolute Gasteiger partial charge is 0.262 e. The summed E-state index contributed by atoms with van der Waals surface area (Å²) in [5.41, 5.74) is 1.56. The van der Waals surface area contributed by atoms with Crippen molar-refractivity contribution in [3.63, 3.8) is 0 Å². The van der Waals surface area contributed by atoms with Crippen molar-refractivity contribution in [1.29, 1.82) is 0 Å². The number of hydrogen-bond acceptors (Lipinski definition) is 4. The first-order chi connectivity index (χ1) is 12.0. The number of halogens is 1. The van der Waals surface area contributed by atoms with Gasteiger partial charge in [-0.3, -0.25) is 9.59 Å². The summed E-state index contributed by atoms with van der Waals surface area (Å²) in [6.07, 6.45) is 2.97. The number of fused-ring (bicyclic) bond motifs is 1. The minimum absolute atomic E-state index is 0.144. The molecule has 1 N–H and O–H groups in total. The van der Waals surface area contributed by atoms with Gasteiger partial charge in [0.1, 0.15) is 10.6 Å². The maximum absolute atomic E-state index is 12.9. The van der Waals surface area contributed by atoms with E-state index < -0.39 is 0 Å². The first kappa shape index (κ1) is 17.3. The fraction of sp³-hybridized carbons (Fsp3) is 0.278. The summed E-state index contributed by atoms with van der Waals surface area (Å²) in [4.78, 5) is 29.9. The van der Waals surface area contributed by atoms with E-state index in [0.717, 1.165) is 18.4 Å². The van der Waals surface area contributed by atoms with E-state index >= 15 is 0 Å². The Labute approximate surface area is 148 Å². The fourth-order valence-electron chi connectivity index (χ4n) is 2.65. The topological polar surface area (TPSA) is 64.0 Å².